The molecule has 1 atom stereocenters. The van der Waals surface area contributed by atoms with Crippen molar-refractivity contribution < 1.29 is 4.79 Å². The van der Waals surface area contributed by atoms with E-state index in [-0.39, 0.29) is 11.9 Å². The van der Waals surface area contributed by atoms with Crippen molar-refractivity contribution in [2.24, 2.45) is 0 Å². The molecule has 68 valence electrons. The van der Waals surface area contributed by atoms with Crippen molar-refractivity contribution in [3.63, 3.8) is 0 Å². The van der Waals surface area contributed by atoms with Crippen molar-refractivity contribution in [2.45, 2.75) is 6.04 Å². The van der Waals surface area contributed by atoms with Crippen LogP contribution >= 0.6 is 0 Å². The Kier molecular flexibility index (Phi) is 2.23. The second-order valence-corrected chi connectivity index (χ2v) is 3.02. The molecule has 1 amide bonds. The molecule has 0 unspecified atom stereocenters. The molecule has 2 N–H and O–H groups in total. The molecule has 1 fully saturated rings. The van der Waals surface area contributed by atoms with Gasteiger partial charge in [-0.2, -0.15) is 0 Å². The second-order valence-electron chi connectivity index (χ2n) is 3.02. The molecule has 0 aliphatic carbocycles. The summed E-state index contributed by atoms with van der Waals surface area (Å²) in [6, 6.07) is 4.10. The smallest absolute Gasteiger partial charge is 0.234 e. The highest BCUT2D eigenvalue weighted by Crippen LogP contribution is 2.11. The van der Waals surface area contributed by atoms with E-state index in [1.807, 2.05) is 18.3 Å². The second kappa shape index (κ2) is 3.53. The van der Waals surface area contributed by atoms with Gasteiger partial charge in [-0.1, -0.05) is 6.07 Å². The Morgan fingerprint density at radius 3 is 3.08 bits per heavy atom. The fourth-order valence-electron chi connectivity index (χ4n) is 1.38. The van der Waals surface area contributed by atoms with Crippen LogP contribution in [0.3, 0.4) is 0 Å². The van der Waals surface area contributed by atoms with Crippen LogP contribution in [0, 0.1) is 0 Å². The summed E-state index contributed by atoms with van der Waals surface area (Å²) in [4.78, 5) is 14.9. The Labute approximate surface area is 76.4 Å². The van der Waals surface area contributed by atoms with Gasteiger partial charge < -0.3 is 5.32 Å². The van der Waals surface area contributed by atoms with Gasteiger partial charge in [-0.05, 0) is 11.6 Å². The molecule has 4 nitrogen and oxygen atoms in total. The van der Waals surface area contributed by atoms with Crippen molar-refractivity contribution >= 4 is 5.91 Å². The minimum Gasteiger partial charge on any atom is -0.353 e. The van der Waals surface area contributed by atoms with Gasteiger partial charge in [0, 0.05) is 18.9 Å². The molecule has 0 aromatic carbocycles. The van der Waals surface area contributed by atoms with E-state index >= 15 is 0 Å². The van der Waals surface area contributed by atoms with Gasteiger partial charge in [-0.15, -0.1) is 0 Å². The number of amides is 1. The standard InChI is InChI=1S/C9H11N3O/c13-9-6-11-8(5-12-9)7-2-1-3-10-4-7/h1-4,8,11H,5-6H2,(H,12,13)/t8-/m1/s1. The summed E-state index contributed by atoms with van der Waals surface area (Å²) in [5.41, 5.74) is 1.11. The van der Waals surface area contributed by atoms with E-state index in [4.69, 9.17) is 0 Å². The normalized spacial score (nSPS) is 22.5. The molecule has 2 heterocycles. The van der Waals surface area contributed by atoms with Crippen molar-refractivity contribution in [3.8, 4) is 0 Å². The van der Waals surface area contributed by atoms with Crippen LogP contribution in [-0.2, 0) is 4.79 Å². The topological polar surface area (TPSA) is 54.0 Å². The Bertz CT molecular complexity index is 289. The zero-order valence-corrected chi connectivity index (χ0v) is 7.16. The fourth-order valence-corrected chi connectivity index (χ4v) is 1.38. The zero-order chi connectivity index (χ0) is 9.10. The maximum Gasteiger partial charge on any atom is 0.234 e. The molecule has 1 aromatic rings. The number of piperazine rings is 1. The number of carbonyl (C=O) groups excluding carboxylic acids is 1. The molecule has 0 saturated carbocycles. The van der Waals surface area contributed by atoms with Gasteiger partial charge in [-0.3, -0.25) is 15.1 Å². The molecule has 1 saturated heterocycles. The molecule has 4 heteroatoms. The molecule has 2 rings (SSSR count). The van der Waals surface area contributed by atoms with Crippen molar-refractivity contribution in [2.75, 3.05) is 13.1 Å². The maximum atomic E-state index is 10.9. The number of hydrogen-bond acceptors (Lipinski definition) is 3. The third kappa shape index (κ3) is 1.84. The summed E-state index contributed by atoms with van der Waals surface area (Å²) in [5.74, 6) is 0.0557. The summed E-state index contributed by atoms with van der Waals surface area (Å²) in [7, 11) is 0. The number of nitrogens with zero attached hydrogens (tertiary/aromatic N) is 1. The number of hydrogen-bond donors (Lipinski definition) is 2. The lowest BCUT2D eigenvalue weighted by molar-refractivity contribution is -0.121. The molecule has 1 aliphatic heterocycles. The van der Waals surface area contributed by atoms with Crippen molar-refractivity contribution in [1.82, 2.24) is 15.6 Å². The first-order chi connectivity index (χ1) is 6.36. The number of rotatable bonds is 1. The van der Waals surface area contributed by atoms with Crippen molar-refractivity contribution in [3.05, 3.63) is 30.1 Å². The van der Waals surface area contributed by atoms with Crippen molar-refractivity contribution in [1.29, 1.82) is 0 Å². The lowest BCUT2D eigenvalue weighted by Crippen LogP contribution is -2.46. The monoisotopic (exact) mass is 177 g/mol. The molecular weight excluding hydrogens is 166 g/mol. The summed E-state index contributed by atoms with van der Waals surface area (Å²) in [6.07, 6.45) is 3.56. The number of pyridine rings is 1. The van der Waals surface area contributed by atoms with E-state index in [2.05, 4.69) is 15.6 Å². The molecule has 0 radical (unpaired) electrons. The van der Waals surface area contributed by atoms with Gasteiger partial charge in [0.1, 0.15) is 0 Å². The quantitative estimate of drug-likeness (QED) is 0.627. The van der Waals surface area contributed by atoms with Crippen LogP contribution in [0.4, 0.5) is 0 Å². The lowest BCUT2D eigenvalue weighted by atomic mass is 10.1. The van der Waals surface area contributed by atoms with Gasteiger partial charge in [0.15, 0.2) is 0 Å². The molecule has 1 aliphatic rings. The van der Waals surface area contributed by atoms with Crippen LogP contribution in [0.25, 0.3) is 0 Å². The predicted molar refractivity (Wildman–Crippen MR) is 48.0 cm³/mol. The number of nitrogens with one attached hydrogen (secondary N) is 2. The maximum absolute atomic E-state index is 10.9. The number of carbonyl (C=O) groups is 1. The highest BCUT2D eigenvalue weighted by atomic mass is 16.2. The number of aromatic nitrogens is 1. The first-order valence-electron chi connectivity index (χ1n) is 4.26. The minimum absolute atomic E-state index is 0.0557. The Balaban J connectivity index is 2.07. The molecule has 13 heavy (non-hydrogen) atoms. The van der Waals surface area contributed by atoms with Crippen LogP contribution in [-0.4, -0.2) is 24.0 Å². The first kappa shape index (κ1) is 8.19. The van der Waals surface area contributed by atoms with Gasteiger partial charge in [0.2, 0.25) is 5.91 Å². The third-order valence-electron chi connectivity index (χ3n) is 2.10. The zero-order valence-electron chi connectivity index (χ0n) is 7.16. The van der Waals surface area contributed by atoms with E-state index in [0.29, 0.717) is 13.1 Å². The third-order valence-corrected chi connectivity index (χ3v) is 2.10. The van der Waals surface area contributed by atoms with Gasteiger partial charge in [-0.25, -0.2) is 0 Å². The van der Waals surface area contributed by atoms with Crippen LogP contribution in [0.5, 0.6) is 0 Å². The van der Waals surface area contributed by atoms with E-state index < -0.39 is 0 Å². The first-order valence-corrected chi connectivity index (χ1v) is 4.26. The van der Waals surface area contributed by atoms with Gasteiger partial charge >= 0.3 is 0 Å². The SMILES string of the molecule is O=C1CN[C@@H](c2cccnc2)CN1. The van der Waals surface area contributed by atoms with E-state index in [1.165, 1.54) is 0 Å². The van der Waals surface area contributed by atoms with Crippen LogP contribution < -0.4 is 10.6 Å². The van der Waals surface area contributed by atoms with E-state index in [9.17, 15) is 4.79 Å². The van der Waals surface area contributed by atoms with E-state index in [0.717, 1.165) is 5.56 Å². The highest BCUT2D eigenvalue weighted by Gasteiger charge is 2.17. The predicted octanol–water partition coefficient (Wildman–Crippen LogP) is -0.158. The summed E-state index contributed by atoms with van der Waals surface area (Å²) in [5, 5.41) is 5.93. The Hall–Kier alpha value is -1.42. The molecule has 0 spiro atoms. The van der Waals surface area contributed by atoms with Crippen LogP contribution in [0.15, 0.2) is 24.5 Å². The summed E-state index contributed by atoms with van der Waals surface area (Å²) in [6.45, 7) is 1.03. The van der Waals surface area contributed by atoms with Gasteiger partial charge in [0.05, 0.1) is 12.6 Å². The molecular formula is C9H11N3O. The highest BCUT2D eigenvalue weighted by molar-refractivity contribution is 5.78. The average molecular weight is 177 g/mol. The Morgan fingerprint density at radius 1 is 1.54 bits per heavy atom. The van der Waals surface area contributed by atoms with E-state index in [1.54, 1.807) is 6.20 Å². The average Bonchev–Trinajstić information content (AvgIpc) is 2.20. The molecule has 0 bridgehead atoms. The lowest BCUT2D eigenvalue weighted by Gasteiger charge is -2.23. The van der Waals surface area contributed by atoms with Gasteiger partial charge in [0.25, 0.3) is 0 Å². The molecule has 1 aromatic heterocycles. The summed E-state index contributed by atoms with van der Waals surface area (Å²) >= 11 is 0. The largest absolute Gasteiger partial charge is 0.353 e. The summed E-state index contributed by atoms with van der Waals surface area (Å²) < 4.78 is 0. The van der Waals surface area contributed by atoms with Crippen LogP contribution in [0.2, 0.25) is 0 Å². The van der Waals surface area contributed by atoms with Crippen LogP contribution in [0.1, 0.15) is 11.6 Å². The minimum atomic E-state index is 0.0557. The Morgan fingerprint density at radius 2 is 2.46 bits per heavy atom. The fraction of sp³-hybridized carbons (Fsp3) is 0.333.